The Morgan fingerprint density at radius 3 is 2.84 bits per heavy atom. The van der Waals surface area contributed by atoms with Crippen LogP contribution in [0.2, 0.25) is 0 Å². The first-order valence-electron chi connectivity index (χ1n) is 8.22. The van der Waals surface area contributed by atoms with Crippen LogP contribution >= 0.6 is 0 Å². The highest BCUT2D eigenvalue weighted by Crippen LogP contribution is 2.31. The van der Waals surface area contributed by atoms with Crippen LogP contribution in [-0.4, -0.2) is 16.1 Å². The van der Waals surface area contributed by atoms with Crippen LogP contribution in [-0.2, 0) is 20.0 Å². The van der Waals surface area contributed by atoms with Gasteiger partial charge in [-0.15, -0.1) is 0 Å². The summed E-state index contributed by atoms with van der Waals surface area (Å²) in [5.74, 6) is -0.574. The molecule has 0 fully saturated rings. The fraction of sp³-hybridized carbons (Fsp3) is 0.263. The Bertz CT molecular complexity index is 1030. The van der Waals surface area contributed by atoms with Crippen molar-refractivity contribution in [2.45, 2.75) is 19.4 Å². The summed E-state index contributed by atoms with van der Waals surface area (Å²) >= 11 is 0. The summed E-state index contributed by atoms with van der Waals surface area (Å²) in [5, 5.41) is 0.557. The number of hydrogen-bond donors (Lipinski definition) is 0. The Morgan fingerprint density at radius 1 is 1.20 bits per heavy atom. The summed E-state index contributed by atoms with van der Waals surface area (Å²) in [6, 6.07) is 9.46. The zero-order valence-corrected chi connectivity index (χ0v) is 13.8. The Labute approximate surface area is 143 Å². The molecule has 1 aliphatic heterocycles. The van der Waals surface area contributed by atoms with Gasteiger partial charge in [-0.25, -0.2) is 13.8 Å². The molecular formula is C19H17F2N3O. The van der Waals surface area contributed by atoms with E-state index in [2.05, 4.69) is 4.98 Å². The molecule has 25 heavy (non-hydrogen) atoms. The number of aromatic nitrogens is 2. The number of hydrogen-bond acceptors (Lipinski definition) is 3. The van der Waals surface area contributed by atoms with Crippen LogP contribution < -0.4 is 10.5 Å². The smallest absolute Gasteiger partial charge is 0.261 e. The van der Waals surface area contributed by atoms with Gasteiger partial charge in [-0.2, -0.15) is 0 Å². The van der Waals surface area contributed by atoms with Crippen molar-refractivity contribution in [3.8, 4) is 0 Å². The average molecular weight is 341 g/mol. The Kier molecular flexibility index (Phi) is 3.75. The van der Waals surface area contributed by atoms with E-state index in [0.29, 0.717) is 47.5 Å². The lowest BCUT2D eigenvalue weighted by Crippen LogP contribution is -2.33. The summed E-state index contributed by atoms with van der Waals surface area (Å²) in [4.78, 5) is 18.9. The molecule has 128 valence electrons. The normalized spacial score (nSPS) is 14.0. The molecule has 4 rings (SSSR count). The monoisotopic (exact) mass is 341 g/mol. The number of aryl methyl sites for hydroxylation is 1. The molecule has 6 heteroatoms. The van der Waals surface area contributed by atoms with E-state index < -0.39 is 11.6 Å². The summed E-state index contributed by atoms with van der Waals surface area (Å²) in [5.41, 5.74) is 1.57. The molecule has 0 amide bonds. The van der Waals surface area contributed by atoms with Gasteiger partial charge in [0.1, 0.15) is 17.5 Å². The van der Waals surface area contributed by atoms with Gasteiger partial charge < -0.3 is 4.90 Å². The minimum absolute atomic E-state index is 0.127. The van der Waals surface area contributed by atoms with Crippen molar-refractivity contribution in [1.29, 1.82) is 0 Å². The third kappa shape index (κ3) is 2.67. The van der Waals surface area contributed by atoms with Gasteiger partial charge in [-0.1, -0.05) is 12.1 Å². The maximum atomic E-state index is 14.3. The molecule has 4 nitrogen and oxygen atoms in total. The Morgan fingerprint density at radius 2 is 2.00 bits per heavy atom. The van der Waals surface area contributed by atoms with Gasteiger partial charge in [-0.05, 0) is 36.6 Å². The van der Waals surface area contributed by atoms with E-state index in [4.69, 9.17) is 0 Å². The van der Waals surface area contributed by atoms with E-state index in [1.807, 2.05) is 11.0 Å². The van der Waals surface area contributed by atoms with Gasteiger partial charge in [0.25, 0.3) is 5.56 Å². The standard InChI is InChI=1S/C19H17F2N3O/c1-23-17(22-16-7-3-2-6-14(16)19(23)25)11-24-8-4-5-12-9-13(20)10-15(21)18(12)24/h2-3,6-7,9-10H,4-5,8,11H2,1H3. The maximum absolute atomic E-state index is 14.3. The van der Waals surface area contributed by atoms with Crippen molar-refractivity contribution >= 4 is 16.6 Å². The first kappa shape index (κ1) is 15.7. The van der Waals surface area contributed by atoms with Crippen LogP contribution in [0.5, 0.6) is 0 Å². The number of nitrogens with zero attached hydrogens (tertiary/aromatic N) is 3. The van der Waals surface area contributed by atoms with Gasteiger partial charge in [-0.3, -0.25) is 9.36 Å². The van der Waals surface area contributed by atoms with Crippen LogP contribution in [0.15, 0.2) is 41.2 Å². The van der Waals surface area contributed by atoms with Crippen LogP contribution in [0, 0.1) is 11.6 Å². The highest BCUT2D eigenvalue weighted by Gasteiger charge is 2.23. The van der Waals surface area contributed by atoms with Crippen molar-refractivity contribution in [3.63, 3.8) is 0 Å². The highest BCUT2D eigenvalue weighted by atomic mass is 19.1. The van der Waals surface area contributed by atoms with Gasteiger partial charge in [0.05, 0.1) is 23.1 Å². The summed E-state index contributed by atoms with van der Waals surface area (Å²) in [6.07, 6.45) is 1.45. The quantitative estimate of drug-likeness (QED) is 0.719. The molecular weight excluding hydrogens is 324 g/mol. The molecule has 0 radical (unpaired) electrons. The topological polar surface area (TPSA) is 38.1 Å². The van der Waals surface area contributed by atoms with Crippen LogP contribution in [0.3, 0.4) is 0 Å². The van der Waals surface area contributed by atoms with E-state index >= 15 is 0 Å². The number of anilines is 1. The zero-order chi connectivity index (χ0) is 17.6. The van der Waals surface area contributed by atoms with E-state index in [1.54, 1.807) is 25.2 Å². The molecule has 1 aliphatic rings. The van der Waals surface area contributed by atoms with Crippen LogP contribution in [0.25, 0.3) is 10.9 Å². The van der Waals surface area contributed by atoms with Crippen molar-refractivity contribution in [2.75, 3.05) is 11.4 Å². The second-order valence-electron chi connectivity index (χ2n) is 6.33. The fourth-order valence-corrected chi connectivity index (χ4v) is 3.47. The lowest BCUT2D eigenvalue weighted by atomic mass is 10.0. The lowest BCUT2D eigenvalue weighted by Gasteiger charge is -2.31. The van der Waals surface area contributed by atoms with Crippen molar-refractivity contribution in [1.82, 2.24) is 9.55 Å². The van der Waals surface area contributed by atoms with Gasteiger partial charge in [0.2, 0.25) is 0 Å². The molecule has 0 atom stereocenters. The van der Waals surface area contributed by atoms with E-state index in [9.17, 15) is 13.6 Å². The summed E-state index contributed by atoms with van der Waals surface area (Å²) < 4.78 is 29.3. The number of benzene rings is 2. The number of fused-ring (bicyclic) bond motifs is 2. The predicted molar refractivity (Wildman–Crippen MR) is 92.7 cm³/mol. The van der Waals surface area contributed by atoms with Crippen molar-refractivity contribution in [3.05, 3.63) is 69.8 Å². The minimum atomic E-state index is -0.569. The highest BCUT2D eigenvalue weighted by molar-refractivity contribution is 5.77. The number of halogens is 2. The third-order valence-corrected chi connectivity index (χ3v) is 4.71. The molecule has 0 saturated heterocycles. The zero-order valence-electron chi connectivity index (χ0n) is 13.8. The lowest BCUT2D eigenvalue weighted by molar-refractivity contribution is 0.556. The second-order valence-corrected chi connectivity index (χ2v) is 6.33. The second kappa shape index (κ2) is 5.95. The van der Waals surface area contributed by atoms with Crippen molar-refractivity contribution in [2.24, 2.45) is 7.05 Å². The molecule has 0 saturated carbocycles. The van der Waals surface area contributed by atoms with Crippen LogP contribution in [0.1, 0.15) is 17.8 Å². The largest absolute Gasteiger partial charge is 0.361 e. The molecule has 1 aromatic heterocycles. The first-order valence-corrected chi connectivity index (χ1v) is 8.22. The third-order valence-electron chi connectivity index (χ3n) is 4.71. The van der Waals surface area contributed by atoms with E-state index in [1.165, 1.54) is 10.6 Å². The Hall–Kier alpha value is -2.76. The fourth-order valence-electron chi connectivity index (χ4n) is 3.47. The summed E-state index contributed by atoms with van der Waals surface area (Å²) in [7, 11) is 1.67. The minimum Gasteiger partial charge on any atom is -0.361 e. The molecule has 0 unspecified atom stereocenters. The van der Waals surface area contributed by atoms with Crippen LogP contribution in [0.4, 0.5) is 14.5 Å². The number of rotatable bonds is 2. The maximum Gasteiger partial charge on any atom is 0.261 e. The summed E-state index contributed by atoms with van der Waals surface area (Å²) in [6.45, 7) is 0.935. The molecule has 2 aromatic carbocycles. The first-order chi connectivity index (χ1) is 12.0. The molecule has 0 aliphatic carbocycles. The molecule has 0 N–H and O–H groups in total. The molecule has 2 heterocycles. The molecule has 0 spiro atoms. The predicted octanol–water partition coefficient (Wildman–Crippen LogP) is 3.16. The van der Waals surface area contributed by atoms with E-state index in [0.717, 1.165) is 12.5 Å². The van der Waals surface area contributed by atoms with Crippen molar-refractivity contribution < 1.29 is 8.78 Å². The van der Waals surface area contributed by atoms with E-state index in [-0.39, 0.29) is 5.56 Å². The molecule has 0 bridgehead atoms. The van der Waals surface area contributed by atoms with Gasteiger partial charge in [0.15, 0.2) is 0 Å². The Balaban J connectivity index is 1.79. The average Bonchev–Trinajstić information content (AvgIpc) is 2.59. The number of para-hydroxylation sites is 1. The van der Waals surface area contributed by atoms with Gasteiger partial charge in [0, 0.05) is 19.7 Å². The van der Waals surface area contributed by atoms with Gasteiger partial charge >= 0.3 is 0 Å². The molecule has 3 aromatic rings. The SMILES string of the molecule is Cn1c(CN2CCCc3cc(F)cc(F)c32)nc2ccccc2c1=O.